The lowest BCUT2D eigenvalue weighted by atomic mass is 9.50. The van der Waals surface area contributed by atoms with Crippen LogP contribution >= 0.6 is 0 Å². The molecule has 0 aromatic heterocycles. The molecule has 0 atom stereocenters. The summed E-state index contributed by atoms with van der Waals surface area (Å²) in [5.41, 5.74) is 0.407. The summed E-state index contributed by atoms with van der Waals surface area (Å²) in [5, 5.41) is 11.0. The van der Waals surface area contributed by atoms with Crippen molar-refractivity contribution in [3.8, 4) is 12.3 Å². The normalized spacial score (nSPS) is 41.5. The molecule has 1 spiro atoms. The van der Waals surface area contributed by atoms with Crippen molar-refractivity contribution in [2.75, 3.05) is 0 Å². The number of carbonyl (C=O) groups is 1. The number of amides is 1. The molecule has 1 amide bonds. The van der Waals surface area contributed by atoms with Crippen LogP contribution in [0.5, 0.6) is 0 Å². The fourth-order valence-electron chi connectivity index (χ4n) is 2.70. The van der Waals surface area contributed by atoms with Crippen LogP contribution in [0.2, 0.25) is 0 Å². The molecule has 70 valence electrons. The highest BCUT2D eigenvalue weighted by atomic mass is 16.4. The van der Waals surface area contributed by atoms with Gasteiger partial charge >= 0.3 is 6.09 Å². The Kier molecular flexibility index (Phi) is 1.73. The molecular formula is C10H13NO2. The van der Waals surface area contributed by atoms with Gasteiger partial charge in [0.25, 0.3) is 0 Å². The largest absolute Gasteiger partial charge is 0.465 e. The summed E-state index contributed by atoms with van der Waals surface area (Å²) in [6.07, 6.45) is 8.54. The van der Waals surface area contributed by atoms with Gasteiger partial charge < -0.3 is 10.4 Å². The average Bonchev–Trinajstić information content (AvgIpc) is 1.90. The van der Waals surface area contributed by atoms with Crippen molar-refractivity contribution in [3.05, 3.63) is 0 Å². The first-order valence-electron chi connectivity index (χ1n) is 4.59. The Labute approximate surface area is 77.5 Å². The van der Waals surface area contributed by atoms with Gasteiger partial charge in [-0.2, -0.15) is 0 Å². The zero-order valence-corrected chi connectivity index (χ0v) is 7.42. The molecule has 3 heteroatoms. The van der Waals surface area contributed by atoms with Crippen molar-refractivity contribution in [2.24, 2.45) is 11.3 Å². The molecule has 0 unspecified atom stereocenters. The molecule has 2 fully saturated rings. The van der Waals surface area contributed by atoms with Crippen molar-refractivity contribution in [1.82, 2.24) is 5.32 Å². The predicted octanol–water partition coefficient (Wildman–Crippen LogP) is 1.45. The average molecular weight is 179 g/mol. The third-order valence-corrected chi connectivity index (χ3v) is 3.28. The first-order chi connectivity index (χ1) is 6.13. The summed E-state index contributed by atoms with van der Waals surface area (Å²) < 4.78 is 0. The Morgan fingerprint density at radius 3 is 2.54 bits per heavy atom. The second-order valence-corrected chi connectivity index (χ2v) is 4.33. The molecule has 2 N–H and O–H groups in total. The minimum atomic E-state index is -0.910. The molecule has 0 saturated heterocycles. The summed E-state index contributed by atoms with van der Waals surface area (Å²) in [4.78, 5) is 10.3. The minimum Gasteiger partial charge on any atom is -0.465 e. The number of terminal acetylenes is 1. The Morgan fingerprint density at radius 1 is 1.46 bits per heavy atom. The van der Waals surface area contributed by atoms with Gasteiger partial charge in [0.05, 0.1) is 0 Å². The van der Waals surface area contributed by atoms with Crippen molar-refractivity contribution < 1.29 is 9.90 Å². The van der Waals surface area contributed by atoms with E-state index in [1.807, 2.05) is 0 Å². The molecule has 3 nitrogen and oxygen atoms in total. The zero-order valence-electron chi connectivity index (χ0n) is 7.42. The predicted molar refractivity (Wildman–Crippen MR) is 48.2 cm³/mol. The number of rotatable bonds is 1. The van der Waals surface area contributed by atoms with E-state index in [1.54, 1.807) is 0 Å². The molecule has 0 aliphatic heterocycles. The van der Waals surface area contributed by atoms with Gasteiger partial charge in [-0.3, -0.25) is 0 Å². The maximum Gasteiger partial charge on any atom is 0.404 e. The molecule has 0 bridgehead atoms. The second-order valence-electron chi connectivity index (χ2n) is 4.33. The fraction of sp³-hybridized carbons (Fsp3) is 0.700. The maximum absolute atomic E-state index is 10.3. The highest BCUT2D eigenvalue weighted by Crippen LogP contribution is 2.58. The smallest absolute Gasteiger partial charge is 0.404 e. The van der Waals surface area contributed by atoms with Crippen LogP contribution in [0, 0.1) is 23.7 Å². The van der Waals surface area contributed by atoms with Crippen molar-refractivity contribution in [3.63, 3.8) is 0 Å². The van der Waals surface area contributed by atoms with Crippen molar-refractivity contribution in [2.45, 2.75) is 31.7 Å². The van der Waals surface area contributed by atoms with Gasteiger partial charge in [0.15, 0.2) is 0 Å². The molecule has 0 heterocycles. The molecule has 0 radical (unpaired) electrons. The molecule has 2 aliphatic carbocycles. The number of hydrogen-bond donors (Lipinski definition) is 2. The van der Waals surface area contributed by atoms with Gasteiger partial charge in [-0.15, -0.1) is 12.3 Å². The lowest BCUT2D eigenvalue weighted by molar-refractivity contribution is -0.0267. The minimum absolute atomic E-state index is 0.177. The van der Waals surface area contributed by atoms with Gasteiger partial charge in [0.2, 0.25) is 0 Å². The van der Waals surface area contributed by atoms with Gasteiger partial charge in [0, 0.05) is 12.0 Å². The highest BCUT2D eigenvalue weighted by molar-refractivity contribution is 5.65. The van der Waals surface area contributed by atoms with Crippen LogP contribution in [-0.4, -0.2) is 17.2 Å². The molecule has 13 heavy (non-hydrogen) atoms. The van der Waals surface area contributed by atoms with E-state index >= 15 is 0 Å². The fourth-order valence-corrected chi connectivity index (χ4v) is 2.70. The highest BCUT2D eigenvalue weighted by Gasteiger charge is 2.52. The SMILES string of the molecule is C#CC1CC2(C1)CC(NC(=O)O)C2. The standard InChI is InChI=1S/C10H13NO2/c1-2-7-3-10(4-7)5-8(6-10)11-9(12)13/h1,7-8,11H,3-6H2,(H,12,13). The number of nitrogens with one attached hydrogen (secondary N) is 1. The first kappa shape index (κ1) is 8.43. The molecule has 0 aromatic carbocycles. The first-order valence-corrected chi connectivity index (χ1v) is 4.59. The van der Waals surface area contributed by atoms with Crippen LogP contribution in [0.15, 0.2) is 0 Å². The molecule has 2 rings (SSSR count). The Hall–Kier alpha value is -1.17. The van der Waals surface area contributed by atoms with Crippen LogP contribution in [0.4, 0.5) is 4.79 Å². The van der Waals surface area contributed by atoms with Crippen LogP contribution < -0.4 is 5.32 Å². The maximum atomic E-state index is 10.3. The topological polar surface area (TPSA) is 49.3 Å². The number of hydrogen-bond acceptors (Lipinski definition) is 1. The van der Waals surface area contributed by atoms with E-state index < -0.39 is 6.09 Å². The van der Waals surface area contributed by atoms with Crippen LogP contribution in [-0.2, 0) is 0 Å². The Balaban J connectivity index is 1.74. The van der Waals surface area contributed by atoms with Gasteiger partial charge in [-0.1, -0.05) is 0 Å². The summed E-state index contributed by atoms with van der Waals surface area (Å²) >= 11 is 0. The quantitative estimate of drug-likeness (QED) is 0.598. The van der Waals surface area contributed by atoms with Gasteiger partial charge in [-0.25, -0.2) is 4.79 Å². The van der Waals surface area contributed by atoms with E-state index in [9.17, 15) is 4.79 Å². The van der Waals surface area contributed by atoms with Crippen molar-refractivity contribution >= 4 is 6.09 Å². The summed E-state index contributed by atoms with van der Waals surface area (Å²) in [5.74, 6) is 3.19. The lowest BCUT2D eigenvalue weighted by Crippen LogP contribution is -2.55. The Bertz CT molecular complexity index is 265. The van der Waals surface area contributed by atoms with E-state index in [1.165, 1.54) is 0 Å². The van der Waals surface area contributed by atoms with Crippen LogP contribution in [0.1, 0.15) is 25.7 Å². The lowest BCUT2D eigenvalue weighted by Gasteiger charge is -2.56. The van der Waals surface area contributed by atoms with Crippen LogP contribution in [0.25, 0.3) is 0 Å². The third kappa shape index (κ3) is 1.37. The summed E-state index contributed by atoms with van der Waals surface area (Å²) in [7, 11) is 0. The molecule has 0 aromatic rings. The van der Waals surface area contributed by atoms with E-state index in [0.717, 1.165) is 25.7 Å². The summed E-state index contributed by atoms with van der Waals surface area (Å²) in [6, 6.07) is 0.177. The summed E-state index contributed by atoms with van der Waals surface area (Å²) in [6.45, 7) is 0. The van der Waals surface area contributed by atoms with E-state index in [2.05, 4.69) is 11.2 Å². The van der Waals surface area contributed by atoms with E-state index in [4.69, 9.17) is 11.5 Å². The third-order valence-electron chi connectivity index (χ3n) is 3.28. The second kappa shape index (κ2) is 2.66. The van der Waals surface area contributed by atoms with Gasteiger partial charge in [-0.05, 0) is 31.1 Å². The van der Waals surface area contributed by atoms with E-state index in [0.29, 0.717) is 11.3 Å². The molecule has 2 saturated carbocycles. The van der Waals surface area contributed by atoms with E-state index in [-0.39, 0.29) is 6.04 Å². The van der Waals surface area contributed by atoms with Crippen molar-refractivity contribution in [1.29, 1.82) is 0 Å². The Morgan fingerprint density at radius 2 is 2.08 bits per heavy atom. The number of carboxylic acid groups (broad SMARTS) is 1. The van der Waals surface area contributed by atoms with Crippen LogP contribution in [0.3, 0.4) is 0 Å². The molecular weight excluding hydrogens is 166 g/mol. The van der Waals surface area contributed by atoms with Gasteiger partial charge in [0.1, 0.15) is 0 Å². The molecule has 2 aliphatic rings. The zero-order chi connectivity index (χ0) is 9.47. The monoisotopic (exact) mass is 179 g/mol.